The van der Waals surface area contributed by atoms with Gasteiger partial charge in [-0.1, -0.05) is 6.07 Å². The van der Waals surface area contributed by atoms with Crippen LogP contribution < -0.4 is 4.74 Å². The van der Waals surface area contributed by atoms with Crippen LogP contribution in [-0.4, -0.2) is 34.7 Å². The Morgan fingerprint density at radius 2 is 1.86 bits per heavy atom. The van der Waals surface area contributed by atoms with Crippen molar-refractivity contribution in [1.82, 2.24) is 0 Å². The summed E-state index contributed by atoms with van der Waals surface area (Å²) in [7, 11) is -6.24. The standard InChI is InChI=1S/C12H18NO6PS/c1-4-18-20(14,19-5-2)10-13-21(15,16)12-8-6-7-11(9-12)17-3/h6-10H,4-5H2,1-3H3. The van der Waals surface area contributed by atoms with Crippen molar-refractivity contribution in [1.29, 1.82) is 0 Å². The van der Waals surface area contributed by atoms with E-state index in [9.17, 15) is 13.0 Å². The molecular formula is C12H18NO6PS. The Morgan fingerprint density at radius 1 is 1.24 bits per heavy atom. The Kier molecular flexibility index (Phi) is 6.54. The number of benzene rings is 1. The summed E-state index contributed by atoms with van der Waals surface area (Å²) >= 11 is 0. The summed E-state index contributed by atoms with van der Waals surface area (Å²) in [6.07, 6.45) is 0. The van der Waals surface area contributed by atoms with Gasteiger partial charge in [0.15, 0.2) is 0 Å². The van der Waals surface area contributed by atoms with Gasteiger partial charge in [-0.05, 0) is 26.0 Å². The molecule has 0 fully saturated rings. The molecule has 0 saturated carbocycles. The molecule has 0 aliphatic heterocycles. The molecule has 9 heteroatoms. The van der Waals surface area contributed by atoms with E-state index in [2.05, 4.69) is 4.40 Å². The van der Waals surface area contributed by atoms with Crippen molar-refractivity contribution in [2.75, 3.05) is 20.3 Å². The third-order valence-electron chi connectivity index (χ3n) is 2.28. The van der Waals surface area contributed by atoms with Crippen LogP contribution in [0.15, 0.2) is 33.6 Å². The Bertz CT molecular complexity index is 633. The van der Waals surface area contributed by atoms with Crippen LogP contribution in [0.3, 0.4) is 0 Å². The van der Waals surface area contributed by atoms with Gasteiger partial charge in [-0.15, -0.1) is 0 Å². The molecule has 7 nitrogen and oxygen atoms in total. The van der Waals surface area contributed by atoms with Crippen LogP contribution in [0.25, 0.3) is 0 Å². The van der Waals surface area contributed by atoms with Crippen LogP contribution in [-0.2, 0) is 23.6 Å². The maximum Gasteiger partial charge on any atom is 0.373 e. The fourth-order valence-corrected chi connectivity index (χ4v) is 3.93. The quantitative estimate of drug-likeness (QED) is 0.536. The van der Waals surface area contributed by atoms with Crippen molar-refractivity contribution in [2.45, 2.75) is 18.7 Å². The number of hydrogen-bond donors (Lipinski definition) is 0. The van der Waals surface area contributed by atoms with E-state index in [0.29, 0.717) is 5.75 Å². The molecule has 1 rings (SSSR count). The second kappa shape index (κ2) is 7.70. The van der Waals surface area contributed by atoms with E-state index in [1.165, 1.54) is 25.3 Å². The van der Waals surface area contributed by atoms with E-state index in [-0.39, 0.29) is 18.1 Å². The minimum absolute atomic E-state index is 0.0716. The zero-order chi connectivity index (χ0) is 15.9. The first-order valence-corrected chi connectivity index (χ1v) is 9.26. The van der Waals surface area contributed by atoms with Gasteiger partial charge in [-0.2, -0.15) is 12.8 Å². The Hall–Kier alpha value is -1.21. The van der Waals surface area contributed by atoms with Crippen molar-refractivity contribution >= 4 is 23.6 Å². The van der Waals surface area contributed by atoms with Crippen molar-refractivity contribution in [3.8, 4) is 5.75 Å². The van der Waals surface area contributed by atoms with Gasteiger partial charge in [-0.25, -0.2) is 0 Å². The van der Waals surface area contributed by atoms with Crippen LogP contribution >= 0.6 is 7.60 Å². The lowest BCUT2D eigenvalue weighted by Gasteiger charge is -2.11. The maximum absolute atomic E-state index is 12.1. The number of ether oxygens (including phenoxy) is 1. The molecule has 0 aromatic heterocycles. The zero-order valence-corrected chi connectivity index (χ0v) is 13.8. The SMILES string of the molecule is CCOP(=O)(C=NS(=O)(=O)c1cccc(OC)c1)OCC. The summed E-state index contributed by atoms with van der Waals surface area (Å²) < 4.78 is 54.5. The lowest BCUT2D eigenvalue weighted by Crippen LogP contribution is -2.01. The Labute approximate surface area is 124 Å². The minimum Gasteiger partial charge on any atom is -0.497 e. The molecule has 0 amide bonds. The lowest BCUT2D eigenvalue weighted by molar-refractivity contribution is 0.233. The predicted molar refractivity (Wildman–Crippen MR) is 79.5 cm³/mol. The minimum atomic E-state index is -4.01. The molecule has 0 aliphatic rings. The first-order valence-electron chi connectivity index (χ1n) is 6.21. The van der Waals surface area contributed by atoms with Gasteiger partial charge in [0.25, 0.3) is 10.0 Å². The summed E-state index contributed by atoms with van der Waals surface area (Å²) in [5.41, 5.74) is 0. The molecule has 0 radical (unpaired) electrons. The summed E-state index contributed by atoms with van der Waals surface area (Å²) in [4.78, 5) is -0.0716. The highest BCUT2D eigenvalue weighted by atomic mass is 32.2. The monoisotopic (exact) mass is 335 g/mol. The summed E-state index contributed by atoms with van der Waals surface area (Å²) in [6, 6.07) is 5.81. The van der Waals surface area contributed by atoms with Crippen molar-refractivity contribution < 1.29 is 26.8 Å². The Balaban J connectivity index is 3.07. The summed E-state index contributed by atoms with van der Waals surface area (Å²) in [6.45, 7) is 3.47. The van der Waals surface area contributed by atoms with E-state index < -0.39 is 17.6 Å². The van der Waals surface area contributed by atoms with E-state index in [1.807, 2.05) is 0 Å². The van der Waals surface area contributed by atoms with Crippen LogP contribution in [0.5, 0.6) is 5.75 Å². The molecule has 0 spiro atoms. The van der Waals surface area contributed by atoms with Gasteiger partial charge in [-0.3, -0.25) is 4.57 Å². The van der Waals surface area contributed by atoms with Gasteiger partial charge in [0, 0.05) is 6.07 Å². The molecule has 0 unspecified atom stereocenters. The van der Waals surface area contributed by atoms with Crippen LogP contribution in [0, 0.1) is 0 Å². The largest absolute Gasteiger partial charge is 0.497 e. The number of sulfonamides is 1. The normalized spacial score (nSPS) is 12.7. The third kappa shape index (κ3) is 5.24. The molecule has 1 aromatic rings. The third-order valence-corrected chi connectivity index (χ3v) is 5.31. The summed E-state index contributed by atoms with van der Waals surface area (Å²) in [5.74, 6) is 1.10. The van der Waals surface area contributed by atoms with Crippen LogP contribution in [0.2, 0.25) is 0 Å². The highest BCUT2D eigenvalue weighted by Crippen LogP contribution is 2.45. The zero-order valence-electron chi connectivity index (χ0n) is 12.1. The highest BCUT2D eigenvalue weighted by molar-refractivity contribution is 7.91. The second-order valence-corrected chi connectivity index (χ2v) is 7.21. The van der Waals surface area contributed by atoms with E-state index in [0.717, 1.165) is 5.96 Å². The molecule has 0 N–H and O–H groups in total. The smallest absolute Gasteiger partial charge is 0.373 e. The van der Waals surface area contributed by atoms with E-state index in [1.54, 1.807) is 19.9 Å². The molecule has 0 bridgehead atoms. The summed E-state index contributed by atoms with van der Waals surface area (Å²) in [5, 5.41) is 0. The van der Waals surface area contributed by atoms with Crippen molar-refractivity contribution in [3.05, 3.63) is 24.3 Å². The molecule has 0 saturated heterocycles. The van der Waals surface area contributed by atoms with Gasteiger partial charge in [0.05, 0.1) is 25.2 Å². The second-order valence-electron chi connectivity index (χ2n) is 3.75. The topological polar surface area (TPSA) is 91.3 Å². The predicted octanol–water partition coefficient (Wildman–Crippen LogP) is 2.68. The van der Waals surface area contributed by atoms with Crippen LogP contribution in [0.1, 0.15) is 13.8 Å². The lowest BCUT2D eigenvalue weighted by atomic mass is 10.3. The average Bonchev–Trinajstić information content (AvgIpc) is 2.46. The Morgan fingerprint density at radius 3 is 2.38 bits per heavy atom. The fourth-order valence-electron chi connectivity index (χ4n) is 1.41. The average molecular weight is 335 g/mol. The number of nitrogens with zero attached hydrogens (tertiary/aromatic N) is 1. The molecule has 0 heterocycles. The van der Waals surface area contributed by atoms with Crippen molar-refractivity contribution in [3.63, 3.8) is 0 Å². The number of hydrogen-bond acceptors (Lipinski definition) is 6. The first-order chi connectivity index (χ1) is 9.87. The molecule has 0 aliphatic carbocycles. The van der Waals surface area contributed by atoms with Gasteiger partial charge >= 0.3 is 7.60 Å². The van der Waals surface area contributed by atoms with Gasteiger partial charge in [0.1, 0.15) is 11.7 Å². The van der Waals surface area contributed by atoms with E-state index >= 15 is 0 Å². The molecule has 21 heavy (non-hydrogen) atoms. The van der Waals surface area contributed by atoms with E-state index in [4.69, 9.17) is 13.8 Å². The van der Waals surface area contributed by atoms with Gasteiger partial charge in [0.2, 0.25) is 0 Å². The number of rotatable bonds is 8. The van der Waals surface area contributed by atoms with Crippen LogP contribution in [0.4, 0.5) is 0 Å². The number of methoxy groups -OCH3 is 1. The molecular weight excluding hydrogens is 317 g/mol. The highest BCUT2D eigenvalue weighted by Gasteiger charge is 2.23. The molecule has 118 valence electrons. The van der Waals surface area contributed by atoms with Crippen molar-refractivity contribution in [2.24, 2.45) is 4.40 Å². The molecule has 0 atom stereocenters. The first kappa shape index (κ1) is 17.8. The fraction of sp³-hybridized carbons (Fsp3) is 0.417. The van der Waals surface area contributed by atoms with Gasteiger partial charge < -0.3 is 13.8 Å². The maximum atomic E-state index is 12.1. The molecule has 1 aromatic carbocycles.